The number of rotatable bonds is 2. The van der Waals surface area contributed by atoms with Gasteiger partial charge >= 0.3 is 0 Å². The van der Waals surface area contributed by atoms with Crippen molar-refractivity contribution < 1.29 is 9.59 Å². The molecule has 1 fully saturated rings. The first kappa shape index (κ1) is 13.0. The van der Waals surface area contributed by atoms with Crippen LogP contribution in [0, 0.1) is 0 Å². The zero-order chi connectivity index (χ0) is 13.1. The largest absolute Gasteiger partial charge is 0.342 e. The van der Waals surface area contributed by atoms with Gasteiger partial charge in [-0.2, -0.15) is 0 Å². The van der Waals surface area contributed by atoms with Gasteiger partial charge in [0.25, 0.3) is 0 Å². The fraction of sp³-hybridized carbons (Fsp3) is 0.583. The molecule has 5 nitrogen and oxygen atoms in total. The van der Waals surface area contributed by atoms with Crippen molar-refractivity contribution in [2.24, 2.45) is 0 Å². The van der Waals surface area contributed by atoms with Crippen molar-refractivity contribution in [3.8, 4) is 0 Å². The lowest BCUT2D eigenvalue weighted by molar-refractivity contribution is -0.130. The average molecular weight is 267 g/mol. The highest BCUT2D eigenvalue weighted by Gasteiger charge is 2.24. The van der Waals surface area contributed by atoms with Crippen LogP contribution in [0.1, 0.15) is 38.3 Å². The molecular weight excluding hydrogens is 250 g/mol. The van der Waals surface area contributed by atoms with Crippen molar-refractivity contribution in [2.45, 2.75) is 32.6 Å². The standard InChI is InChI=1S/C12H17N3O2S/c1-8(16)13-12-14-11(7-18-12)10-4-3-5-15(6-10)9(2)17/h7,10H,3-6H2,1-2H3,(H,13,14,16). The van der Waals surface area contributed by atoms with Crippen molar-refractivity contribution in [3.63, 3.8) is 0 Å². The fourth-order valence-electron chi connectivity index (χ4n) is 2.19. The number of nitrogens with zero attached hydrogens (tertiary/aromatic N) is 2. The van der Waals surface area contributed by atoms with E-state index >= 15 is 0 Å². The Labute approximate surface area is 110 Å². The van der Waals surface area contributed by atoms with Crippen LogP contribution in [-0.4, -0.2) is 34.8 Å². The second-order valence-electron chi connectivity index (χ2n) is 4.56. The summed E-state index contributed by atoms with van der Waals surface area (Å²) >= 11 is 1.43. The Morgan fingerprint density at radius 1 is 1.50 bits per heavy atom. The minimum absolute atomic E-state index is 0.107. The molecule has 1 atom stereocenters. The Bertz CT molecular complexity index is 458. The average Bonchev–Trinajstić information content (AvgIpc) is 2.77. The van der Waals surface area contributed by atoms with Crippen molar-refractivity contribution in [1.29, 1.82) is 0 Å². The van der Waals surface area contributed by atoms with Gasteiger partial charge in [0.15, 0.2) is 5.13 Å². The van der Waals surface area contributed by atoms with E-state index in [2.05, 4.69) is 10.3 Å². The van der Waals surface area contributed by atoms with Crippen LogP contribution in [0.15, 0.2) is 5.38 Å². The smallest absolute Gasteiger partial charge is 0.223 e. The van der Waals surface area contributed by atoms with Crippen LogP contribution in [-0.2, 0) is 9.59 Å². The third-order valence-corrected chi connectivity index (χ3v) is 3.87. The van der Waals surface area contributed by atoms with E-state index in [4.69, 9.17) is 0 Å². The van der Waals surface area contributed by atoms with E-state index in [0.29, 0.717) is 11.0 Å². The molecule has 1 unspecified atom stereocenters. The maximum Gasteiger partial charge on any atom is 0.223 e. The molecule has 1 aliphatic heterocycles. The molecule has 0 spiro atoms. The summed E-state index contributed by atoms with van der Waals surface area (Å²) in [7, 11) is 0. The summed E-state index contributed by atoms with van der Waals surface area (Å²) in [5.41, 5.74) is 0.981. The first-order valence-electron chi connectivity index (χ1n) is 6.05. The number of carbonyl (C=O) groups is 2. The number of hydrogen-bond donors (Lipinski definition) is 1. The molecule has 1 aromatic rings. The molecule has 2 rings (SSSR count). The molecule has 1 saturated heterocycles. The van der Waals surface area contributed by atoms with E-state index in [-0.39, 0.29) is 11.8 Å². The number of carbonyl (C=O) groups excluding carboxylic acids is 2. The minimum Gasteiger partial charge on any atom is -0.342 e. The van der Waals surface area contributed by atoms with Gasteiger partial charge in [0.1, 0.15) is 0 Å². The SMILES string of the molecule is CC(=O)Nc1nc(C2CCCN(C(C)=O)C2)cs1. The molecule has 0 aliphatic carbocycles. The van der Waals surface area contributed by atoms with E-state index in [1.54, 1.807) is 6.92 Å². The predicted molar refractivity (Wildman–Crippen MR) is 70.6 cm³/mol. The van der Waals surface area contributed by atoms with Crippen LogP contribution < -0.4 is 5.32 Å². The molecule has 0 saturated carbocycles. The zero-order valence-electron chi connectivity index (χ0n) is 10.6. The van der Waals surface area contributed by atoms with E-state index in [0.717, 1.165) is 31.6 Å². The number of hydrogen-bond acceptors (Lipinski definition) is 4. The Kier molecular flexibility index (Phi) is 3.96. The highest BCUT2D eigenvalue weighted by atomic mass is 32.1. The maximum atomic E-state index is 11.4. The molecular formula is C12H17N3O2S. The Morgan fingerprint density at radius 2 is 2.28 bits per heavy atom. The summed E-state index contributed by atoms with van der Waals surface area (Å²) in [5, 5.41) is 5.29. The second kappa shape index (κ2) is 5.48. The normalized spacial score (nSPS) is 19.7. The van der Waals surface area contributed by atoms with Crippen LogP contribution >= 0.6 is 11.3 Å². The lowest BCUT2D eigenvalue weighted by Gasteiger charge is -2.31. The predicted octanol–water partition coefficient (Wildman–Crippen LogP) is 1.83. The molecule has 2 amide bonds. The third-order valence-electron chi connectivity index (χ3n) is 3.09. The van der Waals surface area contributed by atoms with E-state index in [1.807, 2.05) is 10.3 Å². The van der Waals surface area contributed by atoms with Crippen LogP contribution in [0.2, 0.25) is 0 Å². The van der Waals surface area contributed by atoms with Gasteiger partial charge in [-0.1, -0.05) is 0 Å². The number of piperidine rings is 1. The quantitative estimate of drug-likeness (QED) is 0.889. The molecule has 18 heavy (non-hydrogen) atoms. The Balaban J connectivity index is 2.04. The third kappa shape index (κ3) is 3.07. The first-order chi connectivity index (χ1) is 8.56. The van der Waals surface area contributed by atoms with Crippen LogP contribution in [0.4, 0.5) is 5.13 Å². The van der Waals surface area contributed by atoms with Crippen molar-refractivity contribution in [3.05, 3.63) is 11.1 Å². The van der Waals surface area contributed by atoms with Crippen LogP contribution in [0.3, 0.4) is 0 Å². The lowest BCUT2D eigenvalue weighted by atomic mass is 9.95. The van der Waals surface area contributed by atoms with Gasteiger partial charge in [0.05, 0.1) is 5.69 Å². The summed E-state index contributed by atoms with van der Waals surface area (Å²) in [6.45, 7) is 4.65. The molecule has 6 heteroatoms. The summed E-state index contributed by atoms with van der Waals surface area (Å²) in [5.74, 6) is 0.309. The molecule has 0 bridgehead atoms. The van der Waals surface area contributed by atoms with Gasteiger partial charge in [-0.15, -0.1) is 11.3 Å². The van der Waals surface area contributed by atoms with Crippen molar-refractivity contribution in [1.82, 2.24) is 9.88 Å². The summed E-state index contributed by atoms with van der Waals surface area (Å²) in [6.07, 6.45) is 2.06. The molecule has 1 N–H and O–H groups in total. The van der Waals surface area contributed by atoms with Crippen molar-refractivity contribution in [2.75, 3.05) is 18.4 Å². The monoisotopic (exact) mass is 267 g/mol. The highest BCUT2D eigenvalue weighted by molar-refractivity contribution is 7.13. The van der Waals surface area contributed by atoms with Gasteiger partial charge in [0, 0.05) is 38.2 Å². The second-order valence-corrected chi connectivity index (χ2v) is 5.42. The maximum absolute atomic E-state index is 11.4. The highest BCUT2D eigenvalue weighted by Crippen LogP contribution is 2.29. The number of aromatic nitrogens is 1. The van der Waals surface area contributed by atoms with Crippen LogP contribution in [0.25, 0.3) is 0 Å². The van der Waals surface area contributed by atoms with E-state index < -0.39 is 0 Å². The number of nitrogens with one attached hydrogen (secondary N) is 1. The Morgan fingerprint density at radius 3 is 2.94 bits per heavy atom. The summed E-state index contributed by atoms with van der Waals surface area (Å²) in [6, 6.07) is 0. The minimum atomic E-state index is -0.107. The summed E-state index contributed by atoms with van der Waals surface area (Å²) < 4.78 is 0. The van der Waals surface area contributed by atoms with E-state index in [9.17, 15) is 9.59 Å². The topological polar surface area (TPSA) is 62.3 Å². The lowest BCUT2D eigenvalue weighted by Crippen LogP contribution is -2.37. The Hall–Kier alpha value is -1.43. The molecule has 1 aliphatic rings. The zero-order valence-corrected chi connectivity index (χ0v) is 11.4. The molecule has 98 valence electrons. The van der Waals surface area contributed by atoms with Crippen molar-refractivity contribution >= 4 is 28.3 Å². The number of likely N-dealkylation sites (tertiary alicyclic amines) is 1. The van der Waals surface area contributed by atoms with Crippen LogP contribution in [0.5, 0.6) is 0 Å². The molecule has 0 aromatic carbocycles. The van der Waals surface area contributed by atoms with E-state index in [1.165, 1.54) is 18.3 Å². The number of anilines is 1. The van der Waals surface area contributed by atoms with Gasteiger partial charge in [-0.25, -0.2) is 4.98 Å². The number of amides is 2. The first-order valence-corrected chi connectivity index (χ1v) is 6.92. The molecule has 0 radical (unpaired) electrons. The van der Waals surface area contributed by atoms with Gasteiger partial charge in [0.2, 0.25) is 11.8 Å². The van der Waals surface area contributed by atoms with Gasteiger partial charge in [-0.05, 0) is 12.8 Å². The van der Waals surface area contributed by atoms with Gasteiger partial charge in [-0.3, -0.25) is 9.59 Å². The number of thiazole rings is 1. The fourth-order valence-corrected chi connectivity index (χ4v) is 3.02. The summed E-state index contributed by atoms with van der Waals surface area (Å²) in [4.78, 5) is 28.6. The molecule has 1 aromatic heterocycles. The van der Waals surface area contributed by atoms with Gasteiger partial charge < -0.3 is 10.2 Å². The molecule has 2 heterocycles.